The zero-order valence-electron chi connectivity index (χ0n) is 7.71. The zero-order valence-corrected chi connectivity index (χ0v) is 11.9. The van der Waals surface area contributed by atoms with E-state index in [9.17, 15) is 14.4 Å². The van der Waals surface area contributed by atoms with Gasteiger partial charge in [-0.2, -0.15) is 6.08 Å². The Morgan fingerprint density at radius 2 is 1.62 bits per heavy atom. The molecule has 87 valence electrons. The third-order valence-corrected chi connectivity index (χ3v) is 2.48. The number of carbonyl (C=O) groups excluding carboxylic acids is 4. The summed E-state index contributed by atoms with van der Waals surface area (Å²) in [6, 6.07) is 0. The number of hydrogen-bond acceptors (Lipinski definition) is 4. The summed E-state index contributed by atoms with van der Waals surface area (Å²) < 4.78 is 2.98. The Balaban J connectivity index is 0. The van der Waals surface area contributed by atoms with E-state index in [2.05, 4.69) is 35.4 Å². The van der Waals surface area contributed by atoms with Crippen molar-refractivity contribution in [3.05, 3.63) is 24.3 Å². The van der Waals surface area contributed by atoms with E-state index in [0.717, 1.165) is 6.42 Å². The van der Waals surface area contributed by atoms with E-state index in [1.165, 1.54) is 13.1 Å². The van der Waals surface area contributed by atoms with Gasteiger partial charge in [0.15, 0.2) is 0 Å². The molecule has 0 radical (unpaired) electrons. The van der Waals surface area contributed by atoms with Crippen molar-refractivity contribution >= 4 is 41.0 Å². The molecule has 1 rings (SSSR count). The third kappa shape index (κ3) is 18.8. The van der Waals surface area contributed by atoms with Crippen molar-refractivity contribution in [2.45, 2.75) is 6.42 Å². The molecule has 4 nitrogen and oxygen atoms in total. The maximum Gasteiger partial charge on any atom is -0.109 e. The van der Waals surface area contributed by atoms with Crippen molar-refractivity contribution in [1.29, 1.82) is 0 Å². The van der Waals surface area contributed by atoms with E-state index in [0.29, 0.717) is 0 Å². The fraction of sp³-hybridized carbons (Fsp3) is 0.111. The van der Waals surface area contributed by atoms with Gasteiger partial charge < -0.3 is 0 Å². The number of halogens is 2. The summed E-state index contributed by atoms with van der Waals surface area (Å²) in [5.74, 6) is 0. The summed E-state index contributed by atoms with van der Waals surface area (Å²) >= 11 is 5.83. The van der Waals surface area contributed by atoms with Gasteiger partial charge in [-0.05, 0) is 23.2 Å². The number of hydrogen-bond donors (Lipinski definition) is 0. The standard InChI is InChI=1S/C5H5.CCl2O.3CO.Re/c1-2-4-5-3-1;2-1(3)4;3*1-2;/h1-3H,4H2;;;;;/q-1;;;;;. The van der Waals surface area contributed by atoms with Gasteiger partial charge in [0.2, 0.25) is 0 Å². The molecule has 0 aliphatic heterocycles. The summed E-state index contributed by atoms with van der Waals surface area (Å²) in [5.41, 5.74) is 0. The van der Waals surface area contributed by atoms with Crippen molar-refractivity contribution < 1.29 is 34.6 Å². The first kappa shape index (κ1) is 17.5. The Kier molecular flexibility index (Phi) is 15.5. The van der Waals surface area contributed by atoms with Gasteiger partial charge in [-0.25, -0.2) is 12.2 Å². The predicted molar refractivity (Wildman–Crippen MR) is 55.8 cm³/mol. The normalized spacial score (nSPS) is 9.38. The van der Waals surface area contributed by atoms with Gasteiger partial charge in [-0.3, -0.25) is 10.9 Å². The van der Waals surface area contributed by atoms with Crippen molar-refractivity contribution in [2.75, 3.05) is 0 Å². The first-order valence-corrected chi connectivity index (χ1v) is 8.31. The average Bonchev–Trinajstić information content (AvgIpc) is 2.77. The van der Waals surface area contributed by atoms with Gasteiger partial charge in [0.25, 0.3) is 0 Å². The second-order valence-corrected chi connectivity index (χ2v) is 6.32. The van der Waals surface area contributed by atoms with Crippen LogP contribution in [0.15, 0.2) is 18.2 Å². The van der Waals surface area contributed by atoms with Crippen LogP contribution in [0.1, 0.15) is 6.42 Å². The van der Waals surface area contributed by atoms with Crippen LogP contribution in [0.4, 0.5) is 4.79 Å². The number of rotatable bonds is 0. The molecule has 0 saturated heterocycles. The molecule has 0 aromatic carbocycles. The molecule has 7 heteroatoms. The van der Waals surface area contributed by atoms with Crippen LogP contribution in [0.2, 0.25) is 0 Å². The van der Waals surface area contributed by atoms with Gasteiger partial charge in [0.1, 0.15) is 0 Å². The van der Waals surface area contributed by atoms with Crippen molar-refractivity contribution in [3.8, 4) is 0 Å². The maximum absolute atomic E-state index is 9.40. The Hall–Kier alpha value is -0.868. The summed E-state index contributed by atoms with van der Waals surface area (Å²) in [4.78, 5) is 37.2. The molecule has 1 aliphatic carbocycles. The van der Waals surface area contributed by atoms with Crippen LogP contribution < -0.4 is 0 Å². The monoisotopic (exact) mass is 434 g/mol. The van der Waals surface area contributed by atoms with Crippen LogP contribution in [0.3, 0.4) is 0 Å². The smallest absolute Gasteiger partial charge is 0.109 e. The SMILES string of the molecule is O=C(Cl)Cl.O=[C]=[Re](=[C]=O)=[C]=O.[C-]1=CC=CC1. The van der Waals surface area contributed by atoms with Crippen LogP contribution in [0.5, 0.6) is 0 Å². The van der Waals surface area contributed by atoms with Gasteiger partial charge >= 0.3 is 47.5 Å². The fourth-order valence-corrected chi connectivity index (χ4v) is 0.727. The molecule has 0 saturated carbocycles. The van der Waals surface area contributed by atoms with E-state index in [4.69, 9.17) is 4.79 Å². The molecular formula is C9H5Cl2O4Re-. The first-order chi connectivity index (χ1) is 7.58. The van der Waals surface area contributed by atoms with Crippen LogP contribution in [0.25, 0.3) is 0 Å². The summed E-state index contributed by atoms with van der Waals surface area (Å²) in [6.07, 6.45) is 10.0. The summed E-state index contributed by atoms with van der Waals surface area (Å²) in [5, 5.41) is 0. The molecule has 0 atom stereocenters. The van der Waals surface area contributed by atoms with E-state index in [1.807, 2.05) is 12.2 Å². The van der Waals surface area contributed by atoms with Crippen molar-refractivity contribution in [1.82, 2.24) is 0 Å². The molecule has 0 bridgehead atoms. The molecule has 0 aromatic rings. The van der Waals surface area contributed by atoms with Crippen LogP contribution in [0, 0.1) is 6.08 Å². The largest absolute Gasteiger partial charge is 0.273 e. The van der Waals surface area contributed by atoms with Crippen LogP contribution >= 0.6 is 23.2 Å². The Morgan fingerprint density at radius 1 is 1.19 bits per heavy atom. The topological polar surface area (TPSA) is 68.3 Å². The van der Waals surface area contributed by atoms with Gasteiger partial charge in [0, 0.05) is 0 Å². The van der Waals surface area contributed by atoms with Gasteiger partial charge in [-0.1, -0.05) is 0 Å². The van der Waals surface area contributed by atoms with Crippen LogP contribution in [-0.2, 0) is 29.8 Å². The Labute approximate surface area is 106 Å². The third-order valence-electron chi connectivity index (χ3n) is 0.817. The minimum Gasteiger partial charge on any atom is -0.273 e. The maximum atomic E-state index is 9.40. The Bertz CT molecular complexity index is 426. The van der Waals surface area contributed by atoms with E-state index >= 15 is 0 Å². The van der Waals surface area contributed by atoms with E-state index in [1.54, 1.807) is 0 Å². The molecule has 0 fully saturated rings. The summed E-state index contributed by atoms with van der Waals surface area (Å²) in [7, 11) is 0. The average molecular weight is 434 g/mol. The fourth-order valence-electron chi connectivity index (χ4n) is 0.387. The minimum absolute atomic E-state index is 0.889. The molecule has 0 spiro atoms. The molecule has 1 aliphatic rings. The van der Waals surface area contributed by atoms with E-state index in [-0.39, 0.29) is 0 Å². The molecule has 0 heterocycles. The zero-order chi connectivity index (χ0) is 12.8. The Morgan fingerprint density at radius 3 is 1.69 bits per heavy atom. The molecule has 0 N–H and O–H groups in total. The first-order valence-electron chi connectivity index (χ1n) is 3.48. The van der Waals surface area contributed by atoms with Crippen molar-refractivity contribution in [2.24, 2.45) is 0 Å². The molecule has 0 aromatic heterocycles. The van der Waals surface area contributed by atoms with Gasteiger partial charge in [-0.15, -0.1) is 6.42 Å². The molecule has 0 amide bonds. The number of allylic oxidation sites excluding steroid dienone is 4. The summed E-state index contributed by atoms with van der Waals surface area (Å²) in [6.45, 7) is 0. The van der Waals surface area contributed by atoms with Gasteiger partial charge in [0.05, 0.1) is 0 Å². The molecule has 0 unspecified atom stereocenters. The predicted octanol–water partition coefficient (Wildman–Crippen LogP) is 1.70. The number of carbonyl (C=O) groups is 1. The van der Waals surface area contributed by atoms with Crippen LogP contribution in [-0.4, -0.2) is 17.8 Å². The second-order valence-electron chi connectivity index (χ2n) is 1.74. The molecule has 16 heavy (non-hydrogen) atoms. The second kappa shape index (κ2) is 14.1. The van der Waals surface area contributed by atoms with Crippen molar-refractivity contribution in [3.63, 3.8) is 0 Å². The quantitative estimate of drug-likeness (QED) is 0.430. The van der Waals surface area contributed by atoms with E-state index < -0.39 is 20.1 Å². The molecular weight excluding hydrogens is 429 g/mol. The minimum atomic E-state index is -2.97.